The minimum absolute atomic E-state index is 0.0768. The van der Waals surface area contributed by atoms with Crippen LogP contribution in [-0.4, -0.2) is 21.6 Å². The van der Waals surface area contributed by atoms with Gasteiger partial charge in [0.05, 0.1) is 17.1 Å². The van der Waals surface area contributed by atoms with Crippen LogP contribution in [-0.2, 0) is 27.5 Å². The molecule has 2 rings (SSSR count). The van der Waals surface area contributed by atoms with E-state index in [1.165, 1.54) is 0 Å². The number of hydrogen-bond acceptors (Lipinski definition) is 3. The third-order valence-corrected chi connectivity index (χ3v) is 4.80. The smallest absolute Gasteiger partial charge is 0.377 e. The summed E-state index contributed by atoms with van der Waals surface area (Å²) in [5, 5.41) is 0. The monoisotopic (exact) mass is 373 g/mol. The molecule has 2 aromatic rings. The Hall–Kier alpha value is -1.90. The van der Waals surface area contributed by atoms with Gasteiger partial charge in [0.1, 0.15) is 0 Å². The molecule has 0 heterocycles. The number of hydrogen-bond donors (Lipinski definition) is 1. The second-order valence-electron chi connectivity index (χ2n) is 5.32. The Labute approximate surface area is 144 Å². The Bertz CT molecular complexity index is 777. The van der Waals surface area contributed by atoms with Crippen LogP contribution >= 0.6 is 0 Å². The van der Waals surface area contributed by atoms with Crippen molar-refractivity contribution in [2.45, 2.75) is 24.1 Å². The van der Waals surface area contributed by atoms with Crippen molar-refractivity contribution < 1.29 is 26.3 Å². The van der Waals surface area contributed by atoms with E-state index in [0.29, 0.717) is 25.7 Å². The van der Waals surface area contributed by atoms with Gasteiger partial charge in [0.15, 0.2) is 0 Å². The molecule has 0 aliphatic carbocycles. The molecule has 0 amide bonds. The molecule has 0 bridgehead atoms. The van der Waals surface area contributed by atoms with Crippen molar-refractivity contribution in [3.8, 4) is 0 Å². The fourth-order valence-electron chi connectivity index (χ4n) is 2.07. The van der Waals surface area contributed by atoms with Crippen molar-refractivity contribution in [2.75, 3.05) is 13.2 Å². The van der Waals surface area contributed by atoms with Crippen LogP contribution in [0.5, 0.6) is 0 Å². The Morgan fingerprint density at radius 1 is 1.00 bits per heavy atom. The summed E-state index contributed by atoms with van der Waals surface area (Å²) in [4.78, 5) is -0.410. The molecule has 0 fully saturated rings. The van der Waals surface area contributed by atoms with Crippen LogP contribution in [0.15, 0.2) is 59.5 Å². The lowest BCUT2D eigenvalue weighted by Crippen LogP contribution is -2.26. The second-order valence-corrected chi connectivity index (χ2v) is 7.08. The van der Waals surface area contributed by atoms with E-state index in [1.807, 2.05) is 30.3 Å². The predicted molar refractivity (Wildman–Crippen MR) is 87.3 cm³/mol. The first-order valence-corrected chi connectivity index (χ1v) is 9.06. The summed E-state index contributed by atoms with van der Waals surface area (Å²) in [6, 6.07) is 13.1. The highest BCUT2D eigenvalue weighted by Crippen LogP contribution is 2.30. The lowest BCUT2D eigenvalue weighted by atomic mass is 10.2. The van der Waals surface area contributed by atoms with Crippen LogP contribution < -0.4 is 4.72 Å². The predicted octanol–water partition coefficient (Wildman–Crippen LogP) is 3.59. The Morgan fingerprint density at radius 3 is 2.40 bits per heavy atom. The number of alkyl halides is 3. The maximum absolute atomic E-state index is 12.7. The van der Waals surface area contributed by atoms with Gasteiger partial charge in [-0.15, -0.1) is 0 Å². The molecule has 1 N–H and O–H groups in total. The number of sulfonamides is 1. The van der Waals surface area contributed by atoms with Gasteiger partial charge in [0, 0.05) is 13.2 Å². The van der Waals surface area contributed by atoms with Gasteiger partial charge in [-0.25, -0.2) is 13.1 Å². The summed E-state index contributed by atoms with van der Waals surface area (Å²) >= 11 is 0. The summed E-state index contributed by atoms with van der Waals surface area (Å²) in [7, 11) is -3.99. The molecule has 0 unspecified atom stereocenters. The molecule has 8 heteroatoms. The zero-order valence-electron chi connectivity index (χ0n) is 13.3. The van der Waals surface area contributed by atoms with Crippen molar-refractivity contribution in [1.29, 1.82) is 0 Å². The molecule has 2 aromatic carbocycles. The number of ether oxygens (including phenoxy) is 1. The van der Waals surface area contributed by atoms with E-state index < -0.39 is 26.7 Å². The molecular weight excluding hydrogens is 355 g/mol. The van der Waals surface area contributed by atoms with Gasteiger partial charge in [-0.3, -0.25) is 0 Å². The Balaban J connectivity index is 1.80. The highest BCUT2D eigenvalue weighted by atomic mass is 32.2. The summed E-state index contributed by atoms with van der Waals surface area (Å²) in [6.45, 7) is 0.828. The fourth-order valence-corrected chi connectivity index (χ4v) is 3.19. The maximum atomic E-state index is 12.7. The molecule has 0 spiro atoms. The van der Waals surface area contributed by atoms with Crippen molar-refractivity contribution in [1.82, 2.24) is 4.72 Å². The Morgan fingerprint density at radius 2 is 1.72 bits per heavy atom. The lowest BCUT2D eigenvalue weighted by Gasteiger charge is -2.10. The van der Waals surface area contributed by atoms with E-state index in [-0.39, 0.29) is 6.54 Å². The quantitative estimate of drug-likeness (QED) is 0.720. The number of benzene rings is 2. The zero-order valence-corrected chi connectivity index (χ0v) is 14.1. The van der Waals surface area contributed by atoms with E-state index in [0.717, 1.165) is 23.8 Å². The second kappa shape index (κ2) is 8.46. The van der Waals surface area contributed by atoms with Crippen LogP contribution in [0.4, 0.5) is 13.2 Å². The summed E-state index contributed by atoms with van der Waals surface area (Å²) in [5.41, 5.74) is 0.00798. The van der Waals surface area contributed by atoms with Gasteiger partial charge in [-0.2, -0.15) is 13.2 Å². The third kappa shape index (κ3) is 6.15. The number of rotatable bonds is 8. The molecule has 4 nitrogen and oxygen atoms in total. The highest BCUT2D eigenvalue weighted by molar-refractivity contribution is 7.89. The van der Waals surface area contributed by atoms with Crippen molar-refractivity contribution in [2.24, 2.45) is 0 Å². The van der Waals surface area contributed by atoms with Crippen molar-refractivity contribution in [3.63, 3.8) is 0 Å². The molecule has 136 valence electrons. The molecule has 0 atom stereocenters. The molecule has 0 saturated heterocycles. The van der Waals surface area contributed by atoms with Crippen molar-refractivity contribution in [3.05, 3.63) is 65.7 Å². The number of nitrogens with one attached hydrogen (secondary N) is 1. The lowest BCUT2D eigenvalue weighted by molar-refractivity contribution is -0.137. The molecule has 0 aliphatic rings. The summed E-state index contributed by atoms with van der Waals surface area (Å²) in [6.07, 6.45) is -4.18. The minimum atomic E-state index is -4.59. The van der Waals surface area contributed by atoms with E-state index in [4.69, 9.17) is 4.74 Å². The average molecular weight is 373 g/mol. The Kier molecular flexibility index (Phi) is 6.57. The van der Waals surface area contributed by atoms with Gasteiger partial charge in [0.25, 0.3) is 0 Å². The van der Waals surface area contributed by atoms with Gasteiger partial charge in [-0.05, 0) is 30.2 Å². The third-order valence-electron chi connectivity index (χ3n) is 3.34. The fraction of sp³-hybridized carbons (Fsp3) is 0.294. The molecule has 25 heavy (non-hydrogen) atoms. The first-order chi connectivity index (χ1) is 11.8. The first kappa shape index (κ1) is 19.4. The highest BCUT2D eigenvalue weighted by Gasteiger charge is 2.31. The van der Waals surface area contributed by atoms with Crippen LogP contribution in [0.2, 0.25) is 0 Å². The van der Waals surface area contributed by atoms with Gasteiger partial charge in [0.2, 0.25) is 10.0 Å². The standard InChI is InChI=1S/C17H18F3NO3S/c18-17(19,20)15-8-4-9-16(12-15)25(22,23)21-10-5-11-24-13-14-6-2-1-3-7-14/h1-4,6-9,12,21H,5,10-11,13H2. The number of halogens is 3. The largest absolute Gasteiger partial charge is 0.416 e. The SMILES string of the molecule is O=S(=O)(NCCCOCc1ccccc1)c1cccc(C(F)(F)F)c1. The van der Waals surface area contributed by atoms with Crippen LogP contribution in [0.25, 0.3) is 0 Å². The van der Waals surface area contributed by atoms with E-state index in [9.17, 15) is 21.6 Å². The molecule has 0 aromatic heterocycles. The molecule has 0 aliphatic heterocycles. The molecular formula is C17H18F3NO3S. The van der Waals surface area contributed by atoms with Crippen LogP contribution in [0.3, 0.4) is 0 Å². The van der Waals surface area contributed by atoms with Crippen LogP contribution in [0.1, 0.15) is 17.5 Å². The zero-order chi connectivity index (χ0) is 18.3. The van der Waals surface area contributed by atoms with Gasteiger partial charge < -0.3 is 4.74 Å². The van der Waals surface area contributed by atoms with E-state index in [1.54, 1.807) is 0 Å². The average Bonchev–Trinajstić information content (AvgIpc) is 2.58. The summed E-state index contributed by atoms with van der Waals surface area (Å²) in [5.74, 6) is 0. The van der Waals surface area contributed by atoms with E-state index >= 15 is 0 Å². The summed E-state index contributed by atoms with van der Waals surface area (Å²) < 4.78 is 69.8. The molecule has 0 saturated carbocycles. The first-order valence-electron chi connectivity index (χ1n) is 7.58. The van der Waals surface area contributed by atoms with E-state index in [2.05, 4.69) is 4.72 Å². The van der Waals surface area contributed by atoms with Gasteiger partial charge in [-0.1, -0.05) is 36.4 Å². The normalized spacial score (nSPS) is 12.3. The minimum Gasteiger partial charge on any atom is -0.377 e. The topological polar surface area (TPSA) is 55.4 Å². The van der Waals surface area contributed by atoms with Crippen LogP contribution in [0, 0.1) is 0 Å². The van der Waals surface area contributed by atoms with Crippen molar-refractivity contribution >= 4 is 10.0 Å². The molecule has 0 radical (unpaired) electrons. The van der Waals surface area contributed by atoms with Gasteiger partial charge >= 0.3 is 6.18 Å². The maximum Gasteiger partial charge on any atom is 0.416 e.